The molecule has 0 fully saturated rings. The van der Waals surface area contributed by atoms with Crippen LogP contribution < -0.4 is 5.32 Å². The first-order chi connectivity index (χ1) is 9.24. The molecule has 0 atom stereocenters. The van der Waals surface area contributed by atoms with Crippen molar-refractivity contribution in [2.45, 2.75) is 26.4 Å². The molecule has 0 radical (unpaired) electrons. The Kier molecular flexibility index (Phi) is 3.12. The zero-order chi connectivity index (χ0) is 13.2. The van der Waals surface area contributed by atoms with E-state index >= 15 is 0 Å². The first-order valence-corrected chi connectivity index (χ1v) is 6.91. The fourth-order valence-corrected chi connectivity index (χ4v) is 2.32. The summed E-state index contributed by atoms with van der Waals surface area (Å²) in [6.07, 6.45) is 3.67. The highest BCUT2D eigenvalue weighted by atomic mass is 32.1. The number of rotatable bonds is 4. The fraction of sp³-hybridized carbons (Fsp3) is 0.333. The zero-order valence-corrected chi connectivity index (χ0v) is 11.6. The number of nitrogens with zero attached hydrogens (tertiary/aromatic N) is 5. The van der Waals surface area contributed by atoms with Crippen LogP contribution in [0.1, 0.15) is 25.6 Å². The SMILES string of the molecule is CC(C)n1ncc2cc(NCc3csnn3)cnc21. The maximum Gasteiger partial charge on any atom is 0.158 e. The summed E-state index contributed by atoms with van der Waals surface area (Å²) in [6, 6.07) is 2.36. The standard InChI is InChI=1S/C12H14N6S/c1-8(2)18-12-9(4-15-18)3-10(5-14-12)13-6-11-7-19-17-16-11/h3-5,7-8,13H,6H2,1-2H3. The van der Waals surface area contributed by atoms with Crippen LogP contribution in [0.15, 0.2) is 23.8 Å². The van der Waals surface area contributed by atoms with Gasteiger partial charge in [0.2, 0.25) is 0 Å². The smallest absolute Gasteiger partial charge is 0.158 e. The van der Waals surface area contributed by atoms with Crippen LogP contribution in [0, 0.1) is 0 Å². The minimum Gasteiger partial charge on any atom is -0.378 e. The average molecular weight is 274 g/mol. The molecule has 0 saturated heterocycles. The van der Waals surface area contributed by atoms with Crippen molar-refractivity contribution in [3.63, 3.8) is 0 Å². The van der Waals surface area contributed by atoms with Gasteiger partial charge in [0, 0.05) is 16.8 Å². The molecule has 1 N–H and O–H groups in total. The predicted octanol–water partition coefficient (Wildman–Crippen LogP) is 2.48. The van der Waals surface area contributed by atoms with Crippen LogP contribution in [-0.4, -0.2) is 24.4 Å². The van der Waals surface area contributed by atoms with Crippen LogP contribution in [0.2, 0.25) is 0 Å². The summed E-state index contributed by atoms with van der Waals surface area (Å²) in [7, 11) is 0. The second-order valence-electron chi connectivity index (χ2n) is 4.57. The normalized spacial score (nSPS) is 11.3. The Hall–Kier alpha value is -2.02. The molecule has 0 spiro atoms. The molecular formula is C12H14N6S. The molecule has 3 heterocycles. The monoisotopic (exact) mass is 274 g/mol. The van der Waals surface area contributed by atoms with Crippen LogP contribution in [0.5, 0.6) is 0 Å². The number of hydrogen-bond acceptors (Lipinski definition) is 6. The number of pyridine rings is 1. The highest BCUT2D eigenvalue weighted by Crippen LogP contribution is 2.19. The Labute approximate surface area is 114 Å². The van der Waals surface area contributed by atoms with Gasteiger partial charge in [-0.1, -0.05) is 4.49 Å². The quantitative estimate of drug-likeness (QED) is 0.791. The van der Waals surface area contributed by atoms with Crippen molar-refractivity contribution in [2.24, 2.45) is 0 Å². The molecule has 0 aliphatic heterocycles. The molecule has 3 rings (SSSR count). The molecule has 0 unspecified atom stereocenters. The third-order valence-electron chi connectivity index (χ3n) is 2.80. The topological polar surface area (TPSA) is 68.5 Å². The molecule has 7 heteroatoms. The Morgan fingerprint density at radius 2 is 2.26 bits per heavy atom. The van der Waals surface area contributed by atoms with Crippen molar-refractivity contribution in [2.75, 3.05) is 5.32 Å². The number of hydrogen-bond donors (Lipinski definition) is 1. The molecule has 3 aromatic rings. The number of nitrogens with one attached hydrogen (secondary N) is 1. The molecular weight excluding hydrogens is 260 g/mol. The summed E-state index contributed by atoms with van der Waals surface area (Å²) in [5, 5.41) is 14.6. The predicted molar refractivity (Wildman–Crippen MR) is 75.1 cm³/mol. The Bertz CT molecular complexity index is 673. The maximum absolute atomic E-state index is 4.47. The van der Waals surface area contributed by atoms with E-state index in [1.165, 1.54) is 11.5 Å². The minimum absolute atomic E-state index is 0.310. The van der Waals surface area contributed by atoms with E-state index in [-0.39, 0.29) is 0 Å². The molecule has 6 nitrogen and oxygen atoms in total. The molecule has 0 saturated carbocycles. The van der Waals surface area contributed by atoms with Gasteiger partial charge in [0.25, 0.3) is 0 Å². The summed E-state index contributed by atoms with van der Waals surface area (Å²) in [5.74, 6) is 0. The molecule has 19 heavy (non-hydrogen) atoms. The first-order valence-electron chi connectivity index (χ1n) is 6.07. The number of anilines is 1. The van der Waals surface area contributed by atoms with E-state index < -0.39 is 0 Å². The lowest BCUT2D eigenvalue weighted by molar-refractivity contribution is 0.546. The van der Waals surface area contributed by atoms with Gasteiger partial charge in [-0.15, -0.1) is 5.10 Å². The van der Waals surface area contributed by atoms with Crippen molar-refractivity contribution in [3.05, 3.63) is 29.5 Å². The van der Waals surface area contributed by atoms with Gasteiger partial charge in [0.1, 0.15) is 0 Å². The van der Waals surface area contributed by atoms with Gasteiger partial charge in [0.05, 0.1) is 30.3 Å². The lowest BCUT2D eigenvalue weighted by Gasteiger charge is -2.07. The van der Waals surface area contributed by atoms with E-state index in [1.54, 1.807) is 0 Å². The van der Waals surface area contributed by atoms with Crippen LogP contribution in [0.4, 0.5) is 5.69 Å². The molecule has 0 amide bonds. The van der Waals surface area contributed by atoms with E-state index in [2.05, 4.69) is 38.8 Å². The largest absolute Gasteiger partial charge is 0.378 e. The van der Waals surface area contributed by atoms with Gasteiger partial charge in [-0.2, -0.15) is 5.10 Å². The van der Waals surface area contributed by atoms with Crippen LogP contribution in [0.3, 0.4) is 0 Å². The summed E-state index contributed by atoms with van der Waals surface area (Å²) in [5.41, 5.74) is 2.81. The highest BCUT2D eigenvalue weighted by molar-refractivity contribution is 7.03. The van der Waals surface area contributed by atoms with Gasteiger partial charge >= 0.3 is 0 Å². The van der Waals surface area contributed by atoms with Crippen molar-refractivity contribution in [1.29, 1.82) is 0 Å². The maximum atomic E-state index is 4.47. The lowest BCUT2D eigenvalue weighted by Crippen LogP contribution is -2.04. The molecule has 0 aliphatic carbocycles. The van der Waals surface area contributed by atoms with E-state index in [0.717, 1.165) is 22.4 Å². The van der Waals surface area contributed by atoms with Crippen molar-refractivity contribution in [1.82, 2.24) is 24.4 Å². The highest BCUT2D eigenvalue weighted by Gasteiger charge is 2.07. The van der Waals surface area contributed by atoms with Crippen LogP contribution >= 0.6 is 11.5 Å². The average Bonchev–Trinajstić information content (AvgIpc) is 3.05. The second-order valence-corrected chi connectivity index (χ2v) is 5.18. The lowest BCUT2D eigenvalue weighted by atomic mass is 10.3. The molecule has 0 aliphatic rings. The van der Waals surface area contributed by atoms with Crippen molar-refractivity contribution < 1.29 is 0 Å². The Morgan fingerprint density at radius 1 is 1.37 bits per heavy atom. The fourth-order valence-electron chi connectivity index (χ4n) is 1.87. The molecule has 3 aromatic heterocycles. The van der Waals surface area contributed by atoms with E-state index in [4.69, 9.17) is 0 Å². The van der Waals surface area contributed by atoms with Crippen LogP contribution in [0.25, 0.3) is 11.0 Å². The number of aromatic nitrogens is 5. The summed E-state index contributed by atoms with van der Waals surface area (Å²) in [6.45, 7) is 4.84. The Balaban J connectivity index is 1.82. The van der Waals surface area contributed by atoms with Gasteiger partial charge in [0.15, 0.2) is 5.65 Å². The van der Waals surface area contributed by atoms with E-state index in [0.29, 0.717) is 12.6 Å². The van der Waals surface area contributed by atoms with Gasteiger partial charge in [-0.05, 0) is 31.4 Å². The Morgan fingerprint density at radius 3 is 3.00 bits per heavy atom. The van der Waals surface area contributed by atoms with Crippen molar-refractivity contribution in [3.8, 4) is 0 Å². The molecule has 98 valence electrons. The second kappa shape index (κ2) is 4.93. The van der Waals surface area contributed by atoms with Gasteiger partial charge < -0.3 is 5.32 Å². The minimum atomic E-state index is 0.310. The first kappa shape index (κ1) is 12.0. The summed E-state index contributed by atoms with van der Waals surface area (Å²) >= 11 is 1.35. The zero-order valence-electron chi connectivity index (χ0n) is 10.7. The van der Waals surface area contributed by atoms with Crippen LogP contribution in [-0.2, 0) is 6.54 Å². The summed E-state index contributed by atoms with van der Waals surface area (Å²) in [4.78, 5) is 4.47. The summed E-state index contributed by atoms with van der Waals surface area (Å²) < 4.78 is 5.75. The number of fused-ring (bicyclic) bond motifs is 1. The molecule has 0 aromatic carbocycles. The van der Waals surface area contributed by atoms with E-state index in [9.17, 15) is 0 Å². The molecule has 0 bridgehead atoms. The van der Waals surface area contributed by atoms with Gasteiger partial charge in [-0.25, -0.2) is 9.67 Å². The third kappa shape index (κ3) is 2.41. The van der Waals surface area contributed by atoms with E-state index in [1.807, 2.05) is 28.5 Å². The third-order valence-corrected chi connectivity index (χ3v) is 3.35. The van der Waals surface area contributed by atoms with Gasteiger partial charge in [-0.3, -0.25) is 0 Å². The van der Waals surface area contributed by atoms with Crippen molar-refractivity contribution >= 4 is 28.3 Å².